The van der Waals surface area contributed by atoms with Crippen LogP contribution >= 0.6 is 11.3 Å². The maximum Gasteiger partial charge on any atom is 0.346 e. The van der Waals surface area contributed by atoms with E-state index in [0.717, 1.165) is 6.54 Å². The summed E-state index contributed by atoms with van der Waals surface area (Å²) in [5, 5.41) is 2.36. The van der Waals surface area contributed by atoms with Crippen molar-refractivity contribution in [1.82, 2.24) is 4.40 Å². The third-order valence-corrected chi connectivity index (χ3v) is 6.05. The highest BCUT2D eigenvalue weighted by Crippen LogP contribution is 2.26. The molecule has 21 heavy (non-hydrogen) atoms. The number of fused-ring (bicyclic) bond motifs is 3. The van der Waals surface area contributed by atoms with Gasteiger partial charge in [-0.15, -0.1) is 0 Å². The maximum absolute atomic E-state index is 2.47. The highest BCUT2D eigenvalue weighted by atomic mass is 32.1. The zero-order valence-corrected chi connectivity index (χ0v) is 13.7. The van der Waals surface area contributed by atoms with E-state index in [1.54, 1.807) is 0 Å². The third kappa shape index (κ3) is 2.09. The summed E-state index contributed by atoms with van der Waals surface area (Å²) in [6, 6.07) is 8.74. The van der Waals surface area contributed by atoms with Crippen molar-refractivity contribution in [2.45, 2.75) is 25.8 Å². The molecule has 0 unspecified atom stereocenters. The van der Waals surface area contributed by atoms with Gasteiger partial charge in [0.15, 0.2) is 16.7 Å². The molecule has 0 radical (unpaired) electrons. The van der Waals surface area contributed by atoms with E-state index in [1.165, 1.54) is 58.5 Å². The van der Waals surface area contributed by atoms with Crippen LogP contribution in [0, 0.1) is 0 Å². The van der Waals surface area contributed by atoms with Crippen LogP contribution in [0.2, 0.25) is 0 Å². The van der Waals surface area contributed by atoms with Gasteiger partial charge >= 0.3 is 4.96 Å². The van der Waals surface area contributed by atoms with Crippen LogP contribution in [0.4, 0.5) is 0 Å². The lowest BCUT2D eigenvalue weighted by atomic mass is 10.1. The lowest BCUT2D eigenvalue weighted by Crippen LogP contribution is -2.47. The number of piperidine rings is 1. The fourth-order valence-electron chi connectivity index (χ4n) is 3.81. The zero-order valence-electron chi connectivity index (χ0n) is 12.9. The Morgan fingerprint density at radius 3 is 2.76 bits per heavy atom. The average Bonchev–Trinajstić information content (AvgIpc) is 3.01. The third-order valence-electron chi connectivity index (χ3n) is 4.99. The molecule has 0 spiro atoms. The number of aromatic nitrogens is 2. The second-order valence-corrected chi connectivity index (χ2v) is 7.51. The number of thiazole rings is 1. The molecule has 0 aliphatic carbocycles. The molecule has 3 heterocycles. The van der Waals surface area contributed by atoms with Crippen LogP contribution in [0.3, 0.4) is 0 Å². The molecule has 4 rings (SSSR count). The summed E-state index contributed by atoms with van der Waals surface area (Å²) in [6.45, 7) is 3.80. The molecule has 4 heteroatoms. The summed E-state index contributed by atoms with van der Waals surface area (Å²) in [6.07, 6.45) is 4.17. The summed E-state index contributed by atoms with van der Waals surface area (Å²) in [5.41, 5.74) is 4.14. The summed E-state index contributed by atoms with van der Waals surface area (Å²) >= 11 is 1.87. The summed E-state index contributed by atoms with van der Waals surface area (Å²) in [7, 11) is 4.60. The Morgan fingerprint density at radius 1 is 1.19 bits per heavy atom. The van der Waals surface area contributed by atoms with Gasteiger partial charge in [0.25, 0.3) is 0 Å². The largest absolute Gasteiger partial charge is 0.346 e. The van der Waals surface area contributed by atoms with Crippen molar-refractivity contribution in [2.24, 2.45) is 7.05 Å². The van der Waals surface area contributed by atoms with Gasteiger partial charge in [0.05, 0.1) is 27.2 Å². The number of imidazole rings is 1. The monoisotopic (exact) mass is 301 g/mol. The SMILES string of the molecule is C[n+]1c2ccccc2n2c(C[N+]3(C)CCCCC3)csc21. The second kappa shape index (κ2) is 4.82. The van der Waals surface area contributed by atoms with E-state index in [2.05, 4.69) is 52.7 Å². The van der Waals surface area contributed by atoms with Crippen molar-refractivity contribution in [3.05, 3.63) is 35.3 Å². The Bertz CT molecular complexity index is 793. The molecule has 0 atom stereocenters. The van der Waals surface area contributed by atoms with Gasteiger partial charge in [0.2, 0.25) is 0 Å². The Kier molecular flexibility index (Phi) is 3.05. The van der Waals surface area contributed by atoms with Gasteiger partial charge in [-0.2, -0.15) is 4.40 Å². The molecule has 2 aromatic heterocycles. The summed E-state index contributed by atoms with van der Waals surface area (Å²) < 4.78 is 5.99. The average molecular weight is 301 g/mol. The number of rotatable bonds is 2. The number of para-hydroxylation sites is 2. The normalized spacial score (nSPS) is 18.6. The number of hydrogen-bond acceptors (Lipinski definition) is 1. The molecule has 3 aromatic rings. The fourth-order valence-corrected chi connectivity index (χ4v) is 4.81. The van der Waals surface area contributed by atoms with E-state index in [-0.39, 0.29) is 0 Å². The smallest absolute Gasteiger partial charge is 0.319 e. The van der Waals surface area contributed by atoms with Crippen LogP contribution in [0.1, 0.15) is 25.0 Å². The first-order valence-electron chi connectivity index (χ1n) is 7.87. The van der Waals surface area contributed by atoms with E-state index < -0.39 is 0 Å². The first kappa shape index (κ1) is 13.3. The number of benzene rings is 1. The van der Waals surface area contributed by atoms with Crippen LogP contribution in [-0.2, 0) is 13.6 Å². The fraction of sp³-hybridized carbons (Fsp3) is 0.471. The molecule has 1 aliphatic heterocycles. The molecule has 1 aliphatic rings. The van der Waals surface area contributed by atoms with Gasteiger partial charge in [-0.1, -0.05) is 23.5 Å². The van der Waals surface area contributed by atoms with Crippen molar-refractivity contribution in [1.29, 1.82) is 0 Å². The first-order chi connectivity index (χ1) is 10.2. The lowest BCUT2D eigenvalue weighted by Gasteiger charge is -2.36. The van der Waals surface area contributed by atoms with E-state index in [1.807, 2.05) is 11.3 Å². The Balaban J connectivity index is 1.84. The molecule has 3 nitrogen and oxygen atoms in total. The molecule has 0 amide bonds. The Hall–Kier alpha value is -1.39. The van der Waals surface area contributed by atoms with E-state index in [9.17, 15) is 0 Å². The van der Waals surface area contributed by atoms with Crippen molar-refractivity contribution in [2.75, 3.05) is 20.1 Å². The van der Waals surface area contributed by atoms with Gasteiger partial charge in [-0.25, -0.2) is 4.57 Å². The minimum atomic E-state index is 1.15. The van der Waals surface area contributed by atoms with Crippen LogP contribution in [0.25, 0.3) is 16.0 Å². The van der Waals surface area contributed by atoms with Crippen LogP contribution in [0.5, 0.6) is 0 Å². The minimum absolute atomic E-state index is 1.15. The molecule has 110 valence electrons. The number of nitrogens with zero attached hydrogens (tertiary/aromatic N) is 3. The Labute approximate surface area is 129 Å². The quantitative estimate of drug-likeness (QED) is 0.508. The molecule has 1 aromatic carbocycles. The molecule has 0 saturated carbocycles. The van der Waals surface area contributed by atoms with Gasteiger partial charge in [-0.3, -0.25) is 0 Å². The van der Waals surface area contributed by atoms with Crippen molar-refractivity contribution in [3.63, 3.8) is 0 Å². The van der Waals surface area contributed by atoms with E-state index in [4.69, 9.17) is 0 Å². The maximum atomic E-state index is 2.47. The molecular formula is C17H23N3S+2. The highest BCUT2D eigenvalue weighted by molar-refractivity contribution is 7.14. The summed E-state index contributed by atoms with van der Waals surface area (Å²) in [5.74, 6) is 0. The Morgan fingerprint density at radius 2 is 1.95 bits per heavy atom. The predicted molar refractivity (Wildman–Crippen MR) is 87.4 cm³/mol. The summed E-state index contributed by atoms with van der Waals surface area (Å²) in [4.78, 5) is 1.34. The van der Waals surface area contributed by atoms with Crippen molar-refractivity contribution >= 4 is 27.3 Å². The van der Waals surface area contributed by atoms with E-state index >= 15 is 0 Å². The number of quaternary nitrogens is 1. The van der Waals surface area contributed by atoms with Crippen molar-refractivity contribution < 1.29 is 9.05 Å². The first-order valence-corrected chi connectivity index (χ1v) is 8.75. The van der Waals surface area contributed by atoms with Gasteiger partial charge in [0, 0.05) is 5.38 Å². The molecular weight excluding hydrogens is 278 g/mol. The predicted octanol–water partition coefficient (Wildman–Crippen LogP) is 3.11. The second-order valence-electron chi connectivity index (χ2n) is 6.68. The van der Waals surface area contributed by atoms with E-state index in [0.29, 0.717) is 0 Å². The zero-order chi connectivity index (χ0) is 14.4. The minimum Gasteiger partial charge on any atom is -0.319 e. The molecule has 0 N–H and O–H groups in total. The number of hydrogen-bond donors (Lipinski definition) is 0. The number of aryl methyl sites for hydroxylation is 1. The van der Waals surface area contributed by atoms with Crippen molar-refractivity contribution in [3.8, 4) is 0 Å². The highest BCUT2D eigenvalue weighted by Gasteiger charge is 2.30. The topological polar surface area (TPSA) is 8.29 Å². The number of likely N-dealkylation sites (tertiary alicyclic amines) is 1. The molecule has 0 bridgehead atoms. The van der Waals surface area contributed by atoms with Crippen LogP contribution < -0.4 is 4.57 Å². The van der Waals surface area contributed by atoms with Crippen LogP contribution in [-0.4, -0.2) is 29.0 Å². The van der Waals surface area contributed by atoms with Gasteiger partial charge in [0.1, 0.15) is 6.54 Å². The standard InChI is InChI=1S/C17H23N3S/c1-18-15-8-4-5-9-16(15)19-14(13-21-17(18)19)12-20(2)10-6-3-7-11-20/h4-5,8-9,13H,3,6-7,10-12H2,1-2H3/q+2. The molecule has 1 saturated heterocycles. The van der Waals surface area contributed by atoms with Crippen LogP contribution in [0.15, 0.2) is 29.6 Å². The molecule has 1 fully saturated rings. The lowest BCUT2D eigenvalue weighted by molar-refractivity contribution is -0.927. The van der Waals surface area contributed by atoms with Gasteiger partial charge in [-0.05, 0) is 31.4 Å². The van der Waals surface area contributed by atoms with Gasteiger partial charge < -0.3 is 4.48 Å².